The van der Waals surface area contributed by atoms with Gasteiger partial charge in [-0.2, -0.15) is 13.2 Å². The first-order valence-corrected chi connectivity index (χ1v) is 3.50. The lowest BCUT2D eigenvalue weighted by Gasteiger charge is -2.30. The Morgan fingerprint density at radius 1 is 1.17 bits per heavy atom. The quantitative estimate of drug-likeness (QED) is 0.651. The normalized spacial score (nSPS) is 23.1. The van der Waals surface area contributed by atoms with Crippen LogP contribution in [-0.2, 0) is 0 Å². The highest BCUT2D eigenvalue weighted by Crippen LogP contribution is 2.38. The van der Waals surface area contributed by atoms with Crippen LogP contribution >= 0.6 is 0 Å². The van der Waals surface area contributed by atoms with Gasteiger partial charge in [-0.15, -0.1) is 0 Å². The fraction of sp³-hybridized carbons (Fsp3) is 0.500. The van der Waals surface area contributed by atoms with E-state index in [1.807, 2.05) is 0 Å². The molecule has 0 aromatic rings. The number of aliphatic hydroxyl groups is 1. The summed E-state index contributed by atoms with van der Waals surface area (Å²) in [6.07, 6.45) is 1.05. The Morgan fingerprint density at radius 3 is 1.92 bits per heavy atom. The molecule has 1 aliphatic carbocycles. The van der Waals surface area contributed by atoms with E-state index in [0.717, 1.165) is 6.92 Å². The molecule has 0 spiro atoms. The van der Waals surface area contributed by atoms with Gasteiger partial charge < -0.3 is 5.11 Å². The number of halogens is 3. The SMILES string of the molecule is CC(O)(C1C=CC=C1)C(F)(F)F. The second kappa shape index (κ2) is 2.62. The lowest BCUT2D eigenvalue weighted by molar-refractivity contribution is -0.261. The van der Waals surface area contributed by atoms with Crippen molar-refractivity contribution in [3.63, 3.8) is 0 Å². The van der Waals surface area contributed by atoms with Crippen molar-refractivity contribution in [3.05, 3.63) is 24.3 Å². The zero-order valence-electron chi connectivity index (χ0n) is 6.47. The molecule has 12 heavy (non-hydrogen) atoms. The monoisotopic (exact) mass is 178 g/mol. The highest BCUT2D eigenvalue weighted by Gasteiger charge is 2.53. The summed E-state index contributed by atoms with van der Waals surface area (Å²) in [6, 6.07) is 0. The van der Waals surface area contributed by atoms with Gasteiger partial charge in [-0.25, -0.2) is 0 Å². The molecule has 1 atom stereocenters. The Morgan fingerprint density at radius 2 is 1.58 bits per heavy atom. The summed E-state index contributed by atoms with van der Waals surface area (Å²) in [5.41, 5.74) is -2.66. The lowest BCUT2D eigenvalue weighted by Crippen LogP contribution is -2.47. The van der Waals surface area contributed by atoms with Gasteiger partial charge in [-0.3, -0.25) is 0 Å². The Kier molecular flexibility index (Phi) is 2.04. The first-order chi connectivity index (χ1) is 5.36. The van der Waals surface area contributed by atoms with Crippen LogP contribution in [0, 0.1) is 5.92 Å². The zero-order chi connectivity index (χ0) is 9.41. The molecule has 0 saturated heterocycles. The fourth-order valence-corrected chi connectivity index (χ4v) is 0.996. The van der Waals surface area contributed by atoms with Gasteiger partial charge in [0.05, 0.1) is 0 Å². The number of hydrogen-bond donors (Lipinski definition) is 1. The van der Waals surface area contributed by atoms with Crippen molar-refractivity contribution in [1.82, 2.24) is 0 Å². The molecule has 0 fully saturated rings. The van der Waals surface area contributed by atoms with Gasteiger partial charge in [-0.05, 0) is 6.92 Å². The minimum absolute atomic E-state index is 0.775. The largest absolute Gasteiger partial charge is 0.417 e. The van der Waals surface area contributed by atoms with Gasteiger partial charge in [0, 0.05) is 5.92 Å². The molecule has 0 aromatic carbocycles. The molecular formula is C8H9F3O. The van der Waals surface area contributed by atoms with Crippen molar-refractivity contribution in [2.75, 3.05) is 0 Å². The van der Waals surface area contributed by atoms with Crippen LogP contribution in [0.2, 0.25) is 0 Å². The van der Waals surface area contributed by atoms with Crippen LogP contribution in [0.3, 0.4) is 0 Å². The van der Waals surface area contributed by atoms with Crippen LogP contribution in [-0.4, -0.2) is 16.9 Å². The van der Waals surface area contributed by atoms with E-state index in [4.69, 9.17) is 5.11 Å². The van der Waals surface area contributed by atoms with Crippen molar-refractivity contribution in [3.8, 4) is 0 Å². The van der Waals surface area contributed by atoms with Gasteiger partial charge in [0.1, 0.15) is 0 Å². The first-order valence-electron chi connectivity index (χ1n) is 3.50. The third kappa shape index (κ3) is 1.39. The van der Waals surface area contributed by atoms with E-state index in [2.05, 4.69) is 0 Å². The third-order valence-corrected chi connectivity index (χ3v) is 1.97. The molecule has 68 valence electrons. The van der Waals surface area contributed by atoms with E-state index < -0.39 is 17.7 Å². The van der Waals surface area contributed by atoms with Crippen LogP contribution < -0.4 is 0 Å². The summed E-state index contributed by atoms with van der Waals surface area (Å²) in [6.45, 7) is 0.775. The lowest BCUT2D eigenvalue weighted by atomic mass is 9.90. The maximum atomic E-state index is 12.2. The van der Waals surface area contributed by atoms with E-state index in [1.165, 1.54) is 24.3 Å². The van der Waals surface area contributed by atoms with E-state index in [9.17, 15) is 13.2 Å². The van der Waals surface area contributed by atoms with Crippen molar-refractivity contribution in [2.45, 2.75) is 18.7 Å². The van der Waals surface area contributed by atoms with Gasteiger partial charge >= 0.3 is 6.18 Å². The number of hydrogen-bond acceptors (Lipinski definition) is 1. The summed E-state index contributed by atoms with van der Waals surface area (Å²) < 4.78 is 36.5. The van der Waals surface area contributed by atoms with Gasteiger partial charge in [0.25, 0.3) is 0 Å². The minimum atomic E-state index is -4.59. The molecule has 0 saturated carbocycles. The number of alkyl halides is 3. The molecule has 1 unspecified atom stereocenters. The molecule has 1 rings (SSSR count). The van der Waals surface area contributed by atoms with Crippen LogP contribution in [0.25, 0.3) is 0 Å². The molecule has 0 radical (unpaired) electrons. The third-order valence-electron chi connectivity index (χ3n) is 1.97. The molecule has 0 bridgehead atoms. The molecule has 1 N–H and O–H groups in total. The van der Waals surface area contributed by atoms with Crippen molar-refractivity contribution >= 4 is 0 Å². The highest BCUT2D eigenvalue weighted by atomic mass is 19.4. The average molecular weight is 178 g/mol. The summed E-state index contributed by atoms with van der Waals surface area (Å²) >= 11 is 0. The predicted molar refractivity (Wildman–Crippen MR) is 38.4 cm³/mol. The molecule has 0 aromatic heterocycles. The number of rotatable bonds is 1. The topological polar surface area (TPSA) is 20.2 Å². The molecule has 4 heteroatoms. The average Bonchev–Trinajstić information content (AvgIpc) is 2.34. The second-order valence-corrected chi connectivity index (χ2v) is 2.94. The highest BCUT2D eigenvalue weighted by molar-refractivity contribution is 5.22. The predicted octanol–water partition coefficient (Wildman–Crippen LogP) is 2.04. The van der Waals surface area contributed by atoms with Crippen LogP contribution in [0.5, 0.6) is 0 Å². The smallest absolute Gasteiger partial charge is 0.380 e. The number of allylic oxidation sites excluding steroid dienone is 2. The van der Waals surface area contributed by atoms with E-state index >= 15 is 0 Å². The molecule has 0 amide bonds. The Balaban J connectivity index is 2.85. The Labute approximate surface area is 68.2 Å². The van der Waals surface area contributed by atoms with Crippen LogP contribution in [0.1, 0.15) is 6.92 Å². The summed E-state index contributed by atoms with van der Waals surface area (Å²) in [4.78, 5) is 0. The van der Waals surface area contributed by atoms with Gasteiger partial charge in [0.2, 0.25) is 0 Å². The maximum Gasteiger partial charge on any atom is 0.417 e. The maximum absolute atomic E-state index is 12.2. The first kappa shape index (κ1) is 9.32. The summed E-state index contributed by atoms with van der Waals surface area (Å²) in [5, 5.41) is 9.12. The van der Waals surface area contributed by atoms with Crippen molar-refractivity contribution in [2.24, 2.45) is 5.92 Å². The van der Waals surface area contributed by atoms with Crippen LogP contribution in [0.15, 0.2) is 24.3 Å². The van der Waals surface area contributed by atoms with Crippen molar-refractivity contribution in [1.29, 1.82) is 0 Å². The van der Waals surface area contributed by atoms with Crippen molar-refractivity contribution < 1.29 is 18.3 Å². The standard InChI is InChI=1S/C8H9F3O/c1-7(12,8(9,10)11)6-4-2-3-5-6/h2-6,12H,1H3. The molecule has 0 aliphatic heterocycles. The van der Waals surface area contributed by atoms with Crippen LogP contribution in [0.4, 0.5) is 13.2 Å². The van der Waals surface area contributed by atoms with Gasteiger partial charge in [-0.1, -0.05) is 24.3 Å². The van der Waals surface area contributed by atoms with Gasteiger partial charge in [0.15, 0.2) is 5.60 Å². The second-order valence-electron chi connectivity index (χ2n) is 2.94. The van der Waals surface area contributed by atoms with E-state index in [0.29, 0.717) is 0 Å². The molecule has 1 nitrogen and oxygen atoms in total. The minimum Gasteiger partial charge on any atom is -0.380 e. The fourth-order valence-electron chi connectivity index (χ4n) is 0.996. The molecular weight excluding hydrogens is 169 g/mol. The summed E-state index contributed by atoms with van der Waals surface area (Å²) in [7, 11) is 0. The van der Waals surface area contributed by atoms with E-state index in [-0.39, 0.29) is 0 Å². The zero-order valence-corrected chi connectivity index (χ0v) is 6.47. The summed E-state index contributed by atoms with van der Waals surface area (Å²) in [5.74, 6) is -0.961. The Bertz CT molecular complexity index is 213. The Hall–Kier alpha value is -0.770. The molecule has 0 heterocycles. The molecule has 1 aliphatic rings. The van der Waals surface area contributed by atoms with E-state index in [1.54, 1.807) is 0 Å².